The molecule has 1 saturated heterocycles. The Balaban J connectivity index is 1.85. The molecule has 6 heteroatoms. The second-order valence-corrected chi connectivity index (χ2v) is 6.75. The molecule has 3 nitrogen and oxygen atoms in total. The Kier molecular flexibility index (Phi) is 5.91. The van der Waals surface area contributed by atoms with E-state index in [0.29, 0.717) is 19.4 Å². The summed E-state index contributed by atoms with van der Waals surface area (Å²) in [5.74, 6) is 1.03. The molecule has 0 spiro atoms. The predicted molar refractivity (Wildman–Crippen MR) is 76.0 cm³/mol. The molecular formula is C15H27F3N2O. The monoisotopic (exact) mass is 308 g/mol. The Morgan fingerprint density at radius 1 is 1.24 bits per heavy atom. The number of alkyl halides is 3. The van der Waals surface area contributed by atoms with E-state index in [-0.39, 0.29) is 18.1 Å². The summed E-state index contributed by atoms with van der Waals surface area (Å²) in [6.07, 6.45) is 0.144. The fraction of sp³-hybridized carbons (Fsp3) is 1.00. The summed E-state index contributed by atoms with van der Waals surface area (Å²) in [4.78, 5) is 2.29. The fourth-order valence-electron chi connectivity index (χ4n) is 3.25. The third kappa shape index (κ3) is 6.53. The van der Waals surface area contributed by atoms with E-state index in [4.69, 9.17) is 0 Å². The van der Waals surface area contributed by atoms with Crippen LogP contribution in [0.2, 0.25) is 0 Å². The number of likely N-dealkylation sites (tertiary alicyclic amines) is 1. The molecule has 2 fully saturated rings. The van der Waals surface area contributed by atoms with Gasteiger partial charge in [-0.1, -0.05) is 6.92 Å². The van der Waals surface area contributed by atoms with E-state index >= 15 is 0 Å². The lowest BCUT2D eigenvalue weighted by molar-refractivity contribution is -0.127. The number of halogens is 3. The van der Waals surface area contributed by atoms with Crippen LogP contribution in [0, 0.1) is 11.8 Å². The number of hydrogen-bond acceptors (Lipinski definition) is 3. The van der Waals surface area contributed by atoms with Crippen molar-refractivity contribution < 1.29 is 18.3 Å². The highest BCUT2D eigenvalue weighted by Gasteiger charge is 2.34. The number of aliphatic hydroxyl groups is 1. The molecule has 0 amide bonds. The van der Waals surface area contributed by atoms with Crippen molar-refractivity contribution in [3.05, 3.63) is 0 Å². The third-order valence-electron chi connectivity index (χ3n) is 4.49. The van der Waals surface area contributed by atoms with Gasteiger partial charge in [-0.15, -0.1) is 0 Å². The lowest BCUT2D eigenvalue weighted by atomic mass is 9.88. The fourth-order valence-corrected chi connectivity index (χ4v) is 3.25. The van der Waals surface area contributed by atoms with Gasteiger partial charge < -0.3 is 15.3 Å². The summed E-state index contributed by atoms with van der Waals surface area (Å²) in [5.41, 5.74) is 0. The van der Waals surface area contributed by atoms with Gasteiger partial charge in [0.2, 0.25) is 0 Å². The standard InChI is InChI=1S/C15H27F3N2O/c1-2-14(21)6-12-5-13(19-10-15(16,17)18)9-20(8-12)7-11-3-4-11/h11-14,19,21H,2-10H2,1H3. The molecule has 124 valence electrons. The van der Waals surface area contributed by atoms with Gasteiger partial charge in [-0.2, -0.15) is 13.2 Å². The Morgan fingerprint density at radius 2 is 1.95 bits per heavy atom. The molecule has 1 saturated carbocycles. The average molecular weight is 308 g/mol. The average Bonchev–Trinajstić information content (AvgIpc) is 3.19. The quantitative estimate of drug-likeness (QED) is 0.758. The number of aliphatic hydroxyl groups excluding tert-OH is 1. The molecule has 1 heterocycles. The van der Waals surface area contributed by atoms with Crippen LogP contribution in [0.3, 0.4) is 0 Å². The lowest BCUT2D eigenvalue weighted by Gasteiger charge is -2.39. The van der Waals surface area contributed by atoms with E-state index in [1.54, 1.807) is 0 Å². The molecule has 0 aromatic rings. The van der Waals surface area contributed by atoms with Crippen LogP contribution in [0.5, 0.6) is 0 Å². The number of piperidine rings is 1. The maximum Gasteiger partial charge on any atom is 0.401 e. The van der Waals surface area contributed by atoms with Crippen molar-refractivity contribution in [3.63, 3.8) is 0 Å². The first kappa shape index (κ1) is 17.0. The van der Waals surface area contributed by atoms with Crippen LogP contribution in [0.15, 0.2) is 0 Å². The molecule has 2 N–H and O–H groups in total. The van der Waals surface area contributed by atoms with Crippen molar-refractivity contribution in [1.29, 1.82) is 0 Å². The molecule has 0 bridgehead atoms. The molecule has 1 aliphatic carbocycles. The minimum absolute atomic E-state index is 0.117. The summed E-state index contributed by atoms with van der Waals surface area (Å²) in [6.45, 7) is 3.64. The van der Waals surface area contributed by atoms with E-state index in [0.717, 1.165) is 25.4 Å². The third-order valence-corrected chi connectivity index (χ3v) is 4.49. The molecule has 21 heavy (non-hydrogen) atoms. The Hall–Kier alpha value is -0.330. The highest BCUT2D eigenvalue weighted by Crippen LogP contribution is 2.32. The summed E-state index contributed by atoms with van der Waals surface area (Å²) < 4.78 is 37.1. The largest absolute Gasteiger partial charge is 0.401 e. The molecule has 0 radical (unpaired) electrons. The molecular weight excluding hydrogens is 281 g/mol. The van der Waals surface area contributed by atoms with Crippen LogP contribution in [-0.2, 0) is 0 Å². The zero-order valence-corrected chi connectivity index (χ0v) is 12.7. The van der Waals surface area contributed by atoms with Gasteiger partial charge in [-0.25, -0.2) is 0 Å². The maximum atomic E-state index is 12.4. The molecule has 1 aliphatic heterocycles. The Morgan fingerprint density at radius 3 is 2.52 bits per heavy atom. The minimum atomic E-state index is -4.16. The van der Waals surface area contributed by atoms with Crippen LogP contribution in [-0.4, -0.2) is 54.5 Å². The van der Waals surface area contributed by atoms with Crippen LogP contribution >= 0.6 is 0 Å². The molecule has 3 unspecified atom stereocenters. The van der Waals surface area contributed by atoms with Crippen molar-refractivity contribution in [2.45, 2.75) is 57.3 Å². The van der Waals surface area contributed by atoms with Gasteiger partial charge in [0.15, 0.2) is 0 Å². The summed E-state index contributed by atoms with van der Waals surface area (Å²) in [6, 6.07) is -0.117. The van der Waals surface area contributed by atoms with Crippen LogP contribution in [0.25, 0.3) is 0 Å². The van der Waals surface area contributed by atoms with E-state index in [1.165, 1.54) is 12.8 Å². The summed E-state index contributed by atoms with van der Waals surface area (Å²) >= 11 is 0. The highest BCUT2D eigenvalue weighted by molar-refractivity contribution is 4.88. The smallest absolute Gasteiger partial charge is 0.393 e. The van der Waals surface area contributed by atoms with Gasteiger partial charge in [0.25, 0.3) is 0 Å². The molecule has 0 aromatic heterocycles. The van der Waals surface area contributed by atoms with Gasteiger partial charge in [0.1, 0.15) is 0 Å². The van der Waals surface area contributed by atoms with Gasteiger partial charge >= 0.3 is 6.18 Å². The first-order valence-corrected chi connectivity index (χ1v) is 8.06. The minimum Gasteiger partial charge on any atom is -0.393 e. The maximum absolute atomic E-state index is 12.4. The second-order valence-electron chi connectivity index (χ2n) is 6.75. The predicted octanol–water partition coefficient (Wildman–Crippen LogP) is 2.40. The van der Waals surface area contributed by atoms with E-state index in [9.17, 15) is 18.3 Å². The van der Waals surface area contributed by atoms with E-state index < -0.39 is 12.7 Å². The SMILES string of the molecule is CCC(O)CC1CC(NCC(F)(F)F)CN(CC2CC2)C1. The topological polar surface area (TPSA) is 35.5 Å². The van der Waals surface area contributed by atoms with Crippen molar-refractivity contribution >= 4 is 0 Å². The molecule has 2 aliphatic rings. The molecule has 3 atom stereocenters. The van der Waals surface area contributed by atoms with Crippen LogP contribution < -0.4 is 5.32 Å². The lowest BCUT2D eigenvalue weighted by Crippen LogP contribution is -2.51. The van der Waals surface area contributed by atoms with Crippen molar-refractivity contribution in [2.75, 3.05) is 26.2 Å². The van der Waals surface area contributed by atoms with Crippen molar-refractivity contribution in [2.24, 2.45) is 11.8 Å². The molecule has 2 rings (SSSR count). The number of nitrogens with zero attached hydrogens (tertiary/aromatic N) is 1. The van der Waals surface area contributed by atoms with Crippen LogP contribution in [0.4, 0.5) is 13.2 Å². The van der Waals surface area contributed by atoms with E-state index in [1.807, 2.05) is 6.92 Å². The van der Waals surface area contributed by atoms with E-state index in [2.05, 4.69) is 10.2 Å². The summed E-state index contributed by atoms with van der Waals surface area (Å²) in [5, 5.41) is 12.5. The second kappa shape index (κ2) is 7.29. The first-order valence-electron chi connectivity index (χ1n) is 8.06. The number of nitrogens with one attached hydrogen (secondary N) is 1. The highest BCUT2D eigenvalue weighted by atomic mass is 19.4. The molecule has 0 aromatic carbocycles. The van der Waals surface area contributed by atoms with Gasteiger partial charge in [0, 0.05) is 25.7 Å². The van der Waals surface area contributed by atoms with Crippen molar-refractivity contribution in [1.82, 2.24) is 10.2 Å². The number of rotatable bonds is 7. The normalized spacial score (nSPS) is 29.6. The van der Waals surface area contributed by atoms with Crippen LogP contribution in [0.1, 0.15) is 39.0 Å². The summed E-state index contributed by atoms with van der Waals surface area (Å²) in [7, 11) is 0. The zero-order chi connectivity index (χ0) is 15.5. The Labute approximate surface area is 124 Å². The zero-order valence-electron chi connectivity index (χ0n) is 12.7. The van der Waals surface area contributed by atoms with Gasteiger partial charge in [0.05, 0.1) is 12.6 Å². The number of hydrogen-bond donors (Lipinski definition) is 2. The van der Waals surface area contributed by atoms with Gasteiger partial charge in [-0.3, -0.25) is 0 Å². The van der Waals surface area contributed by atoms with Gasteiger partial charge in [-0.05, 0) is 43.9 Å². The Bertz CT molecular complexity index is 321. The first-order chi connectivity index (χ1) is 9.85. The van der Waals surface area contributed by atoms with Crippen molar-refractivity contribution in [3.8, 4) is 0 Å².